The van der Waals surface area contributed by atoms with Gasteiger partial charge in [-0.05, 0) is 12.8 Å². The zero-order chi connectivity index (χ0) is 6.20. The number of rotatable bonds is 1. The largest absolute Gasteiger partial charge is 0.384 e. The Balaban J connectivity index is 2.34. The van der Waals surface area contributed by atoms with Crippen molar-refractivity contribution in [3.05, 3.63) is 0 Å². The summed E-state index contributed by atoms with van der Waals surface area (Å²) in [4.78, 5) is 0. The molecule has 0 aromatic heterocycles. The van der Waals surface area contributed by atoms with Crippen LogP contribution in [0, 0.1) is 5.92 Å². The van der Waals surface area contributed by atoms with E-state index in [4.69, 9.17) is 0 Å². The van der Waals surface area contributed by atoms with Crippen molar-refractivity contribution in [2.75, 3.05) is 0 Å². The van der Waals surface area contributed by atoms with Gasteiger partial charge in [0.05, 0.1) is 5.92 Å². The Morgan fingerprint density at radius 2 is 1.88 bits per heavy atom. The van der Waals surface area contributed by atoms with Crippen LogP contribution in [0.5, 0.6) is 0 Å². The summed E-state index contributed by atoms with van der Waals surface area (Å²) in [5.41, 5.74) is 0. The van der Waals surface area contributed by atoms with Crippen LogP contribution in [0.3, 0.4) is 0 Å². The Kier molecular flexibility index (Phi) is 1.23. The molecule has 0 N–H and O–H groups in total. The van der Waals surface area contributed by atoms with Crippen LogP contribution in [0.25, 0.3) is 0 Å². The minimum absolute atomic E-state index is 0.413. The quantitative estimate of drug-likeness (QED) is 0.504. The van der Waals surface area contributed by atoms with E-state index in [9.17, 15) is 13.9 Å². The second-order valence-corrected chi connectivity index (χ2v) is 2.19. The molecule has 0 unspecified atom stereocenters. The van der Waals surface area contributed by atoms with Crippen LogP contribution >= 0.6 is 0 Å². The Morgan fingerprint density at radius 3 is 1.88 bits per heavy atom. The predicted molar refractivity (Wildman–Crippen MR) is 23.0 cm³/mol. The molecular formula is C5H7F2O. The highest BCUT2D eigenvalue weighted by molar-refractivity contribution is 4.75. The normalized spacial score (nSPS) is 22.9. The van der Waals surface area contributed by atoms with E-state index in [0.717, 1.165) is 6.42 Å². The van der Waals surface area contributed by atoms with Gasteiger partial charge in [0.25, 0.3) is 0 Å². The molecule has 0 amide bonds. The molecule has 0 atom stereocenters. The average Bonchev–Trinajstić information content (AvgIpc) is 1.16. The standard InChI is InChI=1S/C5H7F2O/c6-5(7,8)4-2-1-3-4/h4H,1-3H2. The van der Waals surface area contributed by atoms with Crippen LogP contribution < -0.4 is 0 Å². The number of hydrogen-bond donors (Lipinski definition) is 0. The van der Waals surface area contributed by atoms with Gasteiger partial charge in [0.1, 0.15) is 0 Å². The van der Waals surface area contributed by atoms with Crippen molar-refractivity contribution in [1.29, 1.82) is 0 Å². The van der Waals surface area contributed by atoms with Crippen molar-refractivity contribution in [3.8, 4) is 0 Å². The van der Waals surface area contributed by atoms with E-state index in [0.29, 0.717) is 12.8 Å². The van der Waals surface area contributed by atoms with Crippen LogP contribution in [-0.2, 0) is 5.11 Å². The lowest BCUT2D eigenvalue weighted by molar-refractivity contribution is -0.289. The van der Waals surface area contributed by atoms with Gasteiger partial charge in [-0.1, -0.05) is 6.42 Å². The molecule has 8 heavy (non-hydrogen) atoms. The molecular weight excluding hydrogens is 114 g/mol. The van der Waals surface area contributed by atoms with Crippen molar-refractivity contribution in [3.63, 3.8) is 0 Å². The average molecular weight is 121 g/mol. The van der Waals surface area contributed by atoms with Crippen LogP contribution in [-0.4, -0.2) is 6.11 Å². The minimum atomic E-state index is -3.65. The molecule has 0 aromatic carbocycles. The summed E-state index contributed by atoms with van der Waals surface area (Å²) in [6.45, 7) is 0. The summed E-state index contributed by atoms with van der Waals surface area (Å²) in [7, 11) is 0. The molecule has 3 heteroatoms. The van der Waals surface area contributed by atoms with Crippen LogP contribution in [0.2, 0.25) is 0 Å². The summed E-state index contributed by atoms with van der Waals surface area (Å²) in [5.74, 6) is -0.859. The van der Waals surface area contributed by atoms with Gasteiger partial charge in [0, 0.05) is 0 Å². The summed E-state index contributed by atoms with van der Waals surface area (Å²) >= 11 is 0. The molecule has 1 rings (SSSR count). The fourth-order valence-corrected chi connectivity index (χ4v) is 0.744. The fourth-order valence-electron chi connectivity index (χ4n) is 0.744. The molecule has 0 aromatic rings. The highest BCUT2D eigenvalue weighted by Crippen LogP contribution is 2.38. The lowest BCUT2D eigenvalue weighted by Gasteiger charge is -2.27. The number of alkyl halides is 2. The Labute approximate surface area is 46.3 Å². The van der Waals surface area contributed by atoms with Crippen LogP contribution in [0.1, 0.15) is 19.3 Å². The maximum absolute atomic E-state index is 11.6. The number of hydrogen-bond acceptors (Lipinski definition) is 0. The monoisotopic (exact) mass is 121 g/mol. The first-order valence-corrected chi connectivity index (χ1v) is 2.69. The molecule has 1 radical (unpaired) electrons. The molecule has 1 aliphatic carbocycles. The summed E-state index contributed by atoms with van der Waals surface area (Å²) in [5, 5.41) is 9.75. The first-order valence-electron chi connectivity index (χ1n) is 2.69. The lowest BCUT2D eigenvalue weighted by Crippen LogP contribution is -2.31. The highest BCUT2D eigenvalue weighted by Gasteiger charge is 2.42. The smallest absolute Gasteiger partial charge is 0.173 e. The van der Waals surface area contributed by atoms with Crippen molar-refractivity contribution in [1.82, 2.24) is 0 Å². The van der Waals surface area contributed by atoms with E-state index in [2.05, 4.69) is 0 Å². The molecule has 1 saturated carbocycles. The molecule has 1 nitrogen and oxygen atoms in total. The topological polar surface area (TPSA) is 19.9 Å². The Bertz CT molecular complexity index is 82.9. The zero-order valence-corrected chi connectivity index (χ0v) is 4.36. The third-order valence-electron chi connectivity index (χ3n) is 1.58. The predicted octanol–water partition coefficient (Wildman–Crippen LogP) is 1.81. The van der Waals surface area contributed by atoms with Gasteiger partial charge < -0.3 is 0 Å². The zero-order valence-electron chi connectivity index (χ0n) is 4.36. The summed E-state index contributed by atoms with van der Waals surface area (Å²) < 4.78 is 23.2. The number of halogens is 2. The maximum atomic E-state index is 11.6. The summed E-state index contributed by atoms with van der Waals surface area (Å²) in [6.07, 6.45) is -2.03. The van der Waals surface area contributed by atoms with E-state index in [-0.39, 0.29) is 0 Å². The van der Waals surface area contributed by atoms with Gasteiger partial charge in [0.15, 0.2) is 0 Å². The van der Waals surface area contributed by atoms with E-state index < -0.39 is 12.0 Å². The second kappa shape index (κ2) is 1.65. The third kappa shape index (κ3) is 0.968. The van der Waals surface area contributed by atoms with Crippen molar-refractivity contribution in [2.45, 2.75) is 25.4 Å². The Morgan fingerprint density at radius 1 is 1.38 bits per heavy atom. The van der Waals surface area contributed by atoms with Gasteiger partial charge in [0.2, 0.25) is 0 Å². The highest BCUT2D eigenvalue weighted by atomic mass is 19.3. The molecule has 0 aliphatic heterocycles. The minimum Gasteiger partial charge on any atom is -0.173 e. The van der Waals surface area contributed by atoms with Gasteiger partial charge in [-0.15, -0.1) is 0 Å². The van der Waals surface area contributed by atoms with Gasteiger partial charge >= 0.3 is 6.11 Å². The maximum Gasteiger partial charge on any atom is 0.384 e. The summed E-state index contributed by atoms with van der Waals surface area (Å²) in [6, 6.07) is 0. The van der Waals surface area contributed by atoms with Gasteiger partial charge in [-0.3, -0.25) is 0 Å². The molecule has 47 valence electrons. The van der Waals surface area contributed by atoms with Crippen molar-refractivity contribution in [2.24, 2.45) is 5.92 Å². The molecule has 0 bridgehead atoms. The van der Waals surface area contributed by atoms with Crippen LogP contribution in [0.4, 0.5) is 8.78 Å². The third-order valence-corrected chi connectivity index (χ3v) is 1.58. The van der Waals surface area contributed by atoms with E-state index in [1.54, 1.807) is 0 Å². The van der Waals surface area contributed by atoms with Gasteiger partial charge in [-0.2, -0.15) is 13.9 Å². The lowest BCUT2D eigenvalue weighted by atomic mass is 9.85. The molecule has 1 aliphatic rings. The molecule has 0 saturated heterocycles. The first-order chi connectivity index (χ1) is 3.61. The SMILES string of the molecule is [O]C(F)(F)C1CCC1. The Hall–Kier alpha value is -0.180. The first kappa shape index (κ1) is 5.95. The molecule has 1 fully saturated rings. The van der Waals surface area contributed by atoms with E-state index in [1.165, 1.54) is 0 Å². The van der Waals surface area contributed by atoms with E-state index in [1.807, 2.05) is 0 Å². The van der Waals surface area contributed by atoms with Crippen molar-refractivity contribution >= 4 is 0 Å². The second-order valence-electron chi connectivity index (χ2n) is 2.19. The van der Waals surface area contributed by atoms with Gasteiger partial charge in [-0.25, -0.2) is 0 Å². The van der Waals surface area contributed by atoms with Crippen molar-refractivity contribution < 1.29 is 13.9 Å². The van der Waals surface area contributed by atoms with Crippen LogP contribution in [0.15, 0.2) is 0 Å². The molecule has 0 heterocycles. The molecule has 0 spiro atoms. The fraction of sp³-hybridized carbons (Fsp3) is 1.00. The van der Waals surface area contributed by atoms with E-state index >= 15 is 0 Å².